The molecule has 0 spiro atoms. The van der Waals surface area contributed by atoms with E-state index in [9.17, 15) is 25.2 Å². The molecule has 0 radical (unpaired) electrons. The van der Waals surface area contributed by atoms with E-state index in [4.69, 9.17) is 4.74 Å². The van der Waals surface area contributed by atoms with Gasteiger partial charge in [-0.3, -0.25) is 4.79 Å². The first kappa shape index (κ1) is 20.1. The molecule has 0 aliphatic heterocycles. The molecular weight excluding hydrogens is 300 g/mol. The van der Waals surface area contributed by atoms with Crippen molar-refractivity contribution in [3.8, 4) is 0 Å². The molecule has 0 amide bonds. The van der Waals surface area contributed by atoms with E-state index < -0.39 is 35.0 Å². The molecule has 23 heavy (non-hydrogen) atoms. The molecule has 0 unspecified atom stereocenters. The lowest BCUT2D eigenvalue weighted by Crippen LogP contribution is -2.70. The molecule has 0 saturated heterocycles. The topological polar surface area (TPSA) is 107 Å². The Labute approximate surface area is 137 Å². The van der Waals surface area contributed by atoms with Gasteiger partial charge in [-0.1, -0.05) is 11.6 Å². The fourth-order valence-electron chi connectivity index (χ4n) is 3.10. The zero-order chi connectivity index (χ0) is 18.1. The van der Waals surface area contributed by atoms with E-state index in [1.54, 1.807) is 0 Å². The number of aliphatic hydroxyl groups is 4. The van der Waals surface area contributed by atoms with Crippen LogP contribution in [0.15, 0.2) is 11.6 Å². The van der Waals surface area contributed by atoms with Crippen molar-refractivity contribution >= 4 is 5.97 Å². The Morgan fingerprint density at radius 1 is 1.30 bits per heavy atom. The van der Waals surface area contributed by atoms with Gasteiger partial charge in [-0.2, -0.15) is 0 Å². The quantitative estimate of drug-likeness (QED) is 0.443. The predicted molar refractivity (Wildman–Crippen MR) is 85.7 cm³/mol. The lowest BCUT2D eigenvalue weighted by molar-refractivity contribution is -0.275. The molecule has 1 aliphatic carbocycles. The van der Waals surface area contributed by atoms with Gasteiger partial charge in [0.1, 0.15) is 11.7 Å². The highest BCUT2D eigenvalue weighted by molar-refractivity contribution is 5.66. The number of ether oxygens (including phenoxy) is 1. The summed E-state index contributed by atoms with van der Waals surface area (Å²) in [7, 11) is 0. The molecule has 0 aromatic rings. The summed E-state index contributed by atoms with van der Waals surface area (Å²) in [6.45, 7) is 7.92. The van der Waals surface area contributed by atoms with Gasteiger partial charge in [-0.05, 0) is 53.4 Å². The molecule has 134 valence electrons. The van der Waals surface area contributed by atoms with Gasteiger partial charge in [0.25, 0.3) is 0 Å². The average Bonchev–Trinajstić information content (AvgIpc) is 2.39. The van der Waals surface area contributed by atoms with Crippen molar-refractivity contribution in [2.45, 2.75) is 89.3 Å². The summed E-state index contributed by atoms with van der Waals surface area (Å²) in [5, 5.41) is 42.5. The Kier molecular flexibility index (Phi) is 6.02. The first-order chi connectivity index (χ1) is 10.3. The molecule has 6 nitrogen and oxygen atoms in total. The summed E-state index contributed by atoms with van der Waals surface area (Å²) in [4.78, 5) is 11.4. The minimum absolute atomic E-state index is 0.0107. The Bertz CT molecular complexity index is 464. The third-order valence-corrected chi connectivity index (χ3v) is 4.82. The van der Waals surface area contributed by atoms with Crippen LogP contribution in [0, 0.1) is 0 Å². The third kappa shape index (κ3) is 4.32. The second-order valence-corrected chi connectivity index (χ2v) is 7.35. The van der Waals surface area contributed by atoms with Crippen molar-refractivity contribution in [3.63, 3.8) is 0 Å². The van der Waals surface area contributed by atoms with Crippen molar-refractivity contribution in [1.29, 1.82) is 0 Å². The molecule has 0 heterocycles. The van der Waals surface area contributed by atoms with Gasteiger partial charge < -0.3 is 25.2 Å². The maximum Gasteiger partial charge on any atom is 0.303 e. The maximum atomic E-state index is 11.4. The number of allylic oxidation sites excluding steroid dienone is 2. The van der Waals surface area contributed by atoms with Crippen LogP contribution in [0.3, 0.4) is 0 Å². The summed E-state index contributed by atoms with van der Waals surface area (Å²) in [5.41, 5.74) is -3.83. The fourth-order valence-corrected chi connectivity index (χ4v) is 3.10. The summed E-state index contributed by atoms with van der Waals surface area (Å²) in [6, 6.07) is 0. The summed E-state index contributed by atoms with van der Waals surface area (Å²) in [6.07, 6.45) is -0.0739. The van der Waals surface area contributed by atoms with Crippen molar-refractivity contribution in [1.82, 2.24) is 0 Å². The highest BCUT2D eigenvalue weighted by Gasteiger charge is 2.61. The third-order valence-electron chi connectivity index (χ3n) is 4.82. The van der Waals surface area contributed by atoms with Gasteiger partial charge in [0.05, 0.1) is 11.2 Å². The zero-order valence-corrected chi connectivity index (χ0v) is 14.7. The number of carbonyl (C=O) groups is 1. The maximum absolute atomic E-state index is 11.4. The minimum atomic E-state index is -1.84. The second kappa shape index (κ2) is 6.89. The minimum Gasteiger partial charge on any atom is -0.456 e. The first-order valence-corrected chi connectivity index (χ1v) is 7.99. The van der Waals surface area contributed by atoms with Crippen LogP contribution in [0.4, 0.5) is 0 Å². The molecule has 1 fully saturated rings. The van der Waals surface area contributed by atoms with E-state index in [0.29, 0.717) is 6.42 Å². The van der Waals surface area contributed by atoms with Crippen LogP contribution in [0.25, 0.3) is 0 Å². The molecule has 1 saturated carbocycles. The Morgan fingerprint density at radius 3 is 2.35 bits per heavy atom. The number of esters is 1. The molecular formula is C17H30O6. The number of rotatable bonds is 5. The Balaban J connectivity index is 3.11. The van der Waals surface area contributed by atoms with E-state index in [-0.39, 0.29) is 19.3 Å². The van der Waals surface area contributed by atoms with Gasteiger partial charge >= 0.3 is 5.97 Å². The summed E-state index contributed by atoms with van der Waals surface area (Å²) >= 11 is 0. The smallest absolute Gasteiger partial charge is 0.303 e. The van der Waals surface area contributed by atoms with Gasteiger partial charge in [-0.15, -0.1) is 0 Å². The van der Waals surface area contributed by atoms with Crippen LogP contribution in [-0.2, 0) is 9.53 Å². The molecule has 6 heteroatoms. The number of aliphatic hydroxyl groups excluding tert-OH is 1. The lowest BCUT2D eigenvalue weighted by atomic mass is 9.64. The number of carbonyl (C=O) groups excluding carboxylic acids is 1. The van der Waals surface area contributed by atoms with Gasteiger partial charge in [0, 0.05) is 6.92 Å². The first-order valence-electron chi connectivity index (χ1n) is 7.99. The fraction of sp³-hybridized carbons (Fsp3) is 0.824. The van der Waals surface area contributed by atoms with Crippen molar-refractivity contribution in [2.24, 2.45) is 0 Å². The van der Waals surface area contributed by atoms with E-state index in [1.165, 1.54) is 13.8 Å². The largest absolute Gasteiger partial charge is 0.456 e. The lowest BCUT2D eigenvalue weighted by Gasteiger charge is -2.53. The zero-order valence-electron chi connectivity index (χ0n) is 14.7. The van der Waals surface area contributed by atoms with Crippen molar-refractivity contribution in [3.05, 3.63) is 11.6 Å². The monoisotopic (exact) mass is 330 g/mol. The van der Waals surface area contributed by atoms with Crippen molar-refractivity contribution in [2.75, 3.05) is 0 Å². The van der Waals surface area contributed by atoms with E-state index >= 15 is 0 Å². The summed E-state index contributed by atoms with van der Waals surface area (Å²) in [5.74, 6) is -0.690. The van der Waals surface area contributed by atoms with Crippen LogP contribution in [-0.4, -0.2) is 55.4 Å². The van der Waals surface area contributed by atoms with Gasteiger partial charge in [0.15, 0.2) is 6.10 Å². The van der Waals surface area contributed by atoms with Crippen LogP contribution in [0.1, 0.15) is 60.3 Å². The molecule has 0 aromatic heterocycles. The highest BCUT2D eigenvalue weighted by Crippen LogP contribution is 2.44. The van der Waals surface area contributed by atoms with E-state index in [2.05, 4.69) is 0 Å². The van der Waals surface area contributed by atoms with Crippen LogP contribution in [0.5, 0.6) is 0 Å². The van der Waals surface area contributed by atoms with Crippen LogP contribution in [0.2, 0.25) is 0 Å². The SMILES string of the molecule is CC(=O)O[C@H]1[C@H](O)[C@@](C)(O)CC[C@@]1(O)[C@@](C)(O)CCC=C(C)C. The second-order valence-electron chi connectivity index (χ2n) is 7.35. The van der Waals surface area contributed by atoms with Crippen molar-refractivity contribution < 1.29 is 30.0 Å². The van der Waals surface area contributed by atoms with E-state index in [1.807, 2.05) is 19.9 Å². The molecule has 0 bridgehead atoms. The van der Waals surface area contributed by atoms with Crippen LogP contribution < -0.4 is 0 Å². The van der Waals surface area contributed by atoms with Gasteiger partial charge in [-0.25, -0.2) is 0 Å². The number of hydrogen-bond acceptors (Lipinski definition) is 6. The molecule has 5 atom stereocenters. The predicted octanol–water partition coefficient (Wildman–Crippen LogP) is 1.05. The highest BCUT2D eigenvalue weighted by atomic mass is 16.6. The summed E-state index contributed by atoms with van der Waals surface area (Å²) < 4.78 is 5.09. The molecule has 1 aliphatic rings. The Morgan fingerprint density at radius 2 is 1.87 bits per heavy atom. The standard InChI is InChI=1S/C17H30O6/c1-11(2)7-6-8-16(5,21)17(22)10-9-15(4,20)13(19)14(17)23-12(3)18/h7,13-14,19-22H,6,8-10H2,1-5H3/t13-,14-,15-,16-,17-/m0/s1. The van der Waals surface area contributed by atoms with Gasteiger partial charge in [0.2, 0.25) is 0 Å². The molecule has 1 rings (SSSR count). The Hall–Kier alpha value is -0.950. The van der Waals surface area contributed by atoms with E-state index in [0.717, 1.165) is 12.5 Å². The normalized spacial score (nSPS) is 36.9. The molecule has 0 aromatic carbocycles. The molecule has 4 N–H and O–H groups in total. The van der Waals surface area contributed by atoms with Crippen LogP contribution >= 0.6 is 0 Å². The number of hydrogen-bond donors (Lipinski definition) is 4. The average molecular weight is 330 g/mol.